The topological polar surface area (TPSA) is 84.5 Å². The molecule has 0 aromatic heterocycles. The Morgan fingerprint density at radius 1 is 0.727 bits per heavy atom. The van der Waals surface area contributed by atoms with E-state index in [0.717, 1.165) is 0 Å². The van der Waals surface area contributed by atoms with Gasteiger partial charge in [0, 0.05) is 16.9 Å². The number of rotatable bonds is 7. The van der Waals surface area contributed by atoms with Crippen molar-refractivity contribution in [1.82, 2.24) is 0 Å². The molecule has 0 aliphatic carbocycles. The highest BCUT2D eigenvalue weighted by Crippen LogP contribution is 2.24. The average molecular weight is 459 g/mol. The van der Waals surface area contributed by atoms with Gasteiger partial charge in [-0.05, 0) is 73.2 Å². The second-order valence-electron chi connectivity index (χ2n) is 7.35. The first-order valence-electron chi connectivity index (χ1n) is 10.2. The average Bonchev–Trinajstić information content (AvgIpc) is 2.81. The van der Waals surface area contributed by atoms with Crippen LogP contribution in [0.15, 0.2) is 108 Å². The van der Waals surface area contributed by atoms with Gasteiger partial charge in [0.25, 0.3) is 15.9 Å². The lowest BCUT2D eigenvalue weighted by Crippen LogP contribution is -2.17. The summed E-state index contributed by atoms with van der Waals surface area (Å²) in [7, 11) is -3.85. The molecular formula is C26H22N2O4S. The Morgan fingerprint density at radius 3 is 2.00 bits per heavy atom. The zero-order valence-corrected chi connectivity index (χ0v) is 18.7. The van der Waals surface area contributed by atoms with Gasteiger partial charge < -0.3 is 10.1 Å². The molecule has 166 valence electrons. The molecule has 7 heteroatoms. The SMILES string of the molecule is Cc1ccc(C(=O)Nc2ccc(Oc3ccccc3)cc2)cc1S(=O)(=O)Nc1ccccc1. The van der Waals surface area contributed by atoms with Gasteiger partial charge >= 0.3 is 0 Å². The monoisotopic (exact) mass is 458 g/mol. The van der Waals surface area contributed by atoms with Crippen molar-refractivity contribution in [1.29, 1.82) is 0 Å². The van der Waals surface area contributed by atoms with Gasteiger partial charge in [0.15, 0.2) is 0 Å². The third-order valence-corrected chi connectivity index (χ3v) is 6.38. The number of carbonyl (C=O) groups is 1. The Bertz CT molecular complexity index is 1350. The second-order valence-corrected chi connectivity index (χ2v) is 9.00. The number of sulfonamides is 1. The fraction of sp³-hybridized carbons (Fsp3) is 0.0385. The fourth-order valence-corrected chi connectivity index (χ4v) is 4.51. The van der Waals surface area contributed by atoms with Crippen LogP contribution in [0.25, 0.3) is 0 Å². The maximum Gasteiger partial charge on any atom is 0.262 e. The van der Waals surface area contributed by atoms with Crippen LogP contribution in [0.4, 0.5) is 11.4 Å². The molecule has 0 spiro atoms. The number of nitrogens with one attached hydrogen (secondary N) is 2. The van der Waals surface area contributed by atoms with E-state index in [4.69, 9.17) is 4.74 Å². The summed E-state index contributed by atoms with van der Waals surface area (Å²) in [6, 6.07) is 29.5. The third-order valence-electron chi connectivity index (χ3n) is 4.86. The van der Waals surface area contributed by atoms with E-state index in [-0.39, 0.29) is 10.5 Å². The van der Waals surface area contributed by atoms with Crippen LogP contribution in [-0.2, 0) is 10.0 Å². The first kappa shape index (κ1) is 22.1. The first-order chi connectivity index (χ1) is 15.9. The minimum atomic E-state index is -3.85. The van der Waals surface area contributed by atoms with Crippen molar-refractivity contribution in [3.8, 4) is 11.5 Å². The van der Waals surface area contributed by atoms with Crippen LogP contribution in [0.3, 0.4) is 0 Å². The van der Waals surface area contributed by atoms with Crippen LogP contribution in [-0.4, -0.2) is 14.3 Å². The van der Waals surface area contributed by atoms with Gasteiger partial charge in [0.1, 0.15) is 11.5 Å². The highest BCUT2D eigenvalue weighted by atomic mass is 32.2. The summed E-state index contributed by atoms with van der Waals surface area (Å²) in [4.78, 5) is 12.8. The molecular weight excluding hydrogens is 436 g/mol. The van der Waals surface area contributed by atoms with E-state index in [1.807, 2.05) is 30.3 Å². The van der Waals surface area contributed by atoms with Gasteiger partial charge in [-0.1, -0.05) is 42.5 Å². The van der Waals surface area contributed by atoms with Crippen molar-refractivity contribution < 1.29 is 17.9 Å². The van der Waals surface area contributed by atoms with Crippen LogP contribution >= 0.6 is 0 Å². The summed E-state index contributed by atoms with van der Waals surface area (Å²) in [6.07, 6.45) is 0. The summed E-state index contributed by atoms with van der Waals surface area (Å²) < 4.78 is 34.1. The number of para-hydroxylation sites is 2. The normalized spacial score (nSPS) is 10.9. The lowest BCUT2D eigenvalue weighted by atomic mass is 10.1. The standard InChI is InChI=1S/C26H22N2O4S/c1-19-12-13-20(18-25(19)33(30,31)28-22-8-4-2-5-9-22)26(29)27-21-14-16-24(17-15-21)32-23-10-6-3-7-11-23/h2-18,28H,1H3,(H,27,29). The highest BCUT2D eigenvalue weighted by Gasteiger charge is 2.19. The predicted molar refractivity (Wildman–Crippen MR) is 129 cm³/mol. The molecule has 4 aromatic carbocycles. The van der Waals surface area contributed by atoms with E-state index in [9.17, 15) is 13.2 Å². The van der Waals surface area contributed by atoms with E-state index < -0.39 is 15.9 Å². The Labute approximate surface area is 192 Å². The number of hydrogen-bond donors (Lipinski definition) is 2. The van der Waals surface area contributed by atoms with E-state index in [1.165, 1.54) is 6.07 Å². The van der Waals surface area contributed by atoms with Crippen LogP contribution < -0.4 is 14.8 Å². The van der Waals surface area contributed by atoms with Gasteiger partial charge in [-0.25, -0.2) is 8.42 Å². The molecule has 0 atom stereocenters. The van der Waals surface area contributed by atoms with Crippen LogP contribution in [0.5, 0.6) is 11.5 Å². The molecule has 0 heterocycles. The van der Waals surface area contributed by atoms with Crippen molar-refractivity contribution >= 4 is 27.3 Å². The first-order valence-corrected chi connectivity index (χ1v) is 11.7. The van der Waals surface area contributed by atoms with Crippen LogP contribution in [0.1, 0.15) is 15.9 Å². The van der Waals surface area contributed by atoms with E-state index in [0.29, 0.717) is 28.4 Å². The van der Waals surface area contributed by atoms with Gasteiger partial charge in [0.2, 0.25) is 0 Å². The minimum absolute atomic E-state index is 0.0469. The number of carbonyl (C=O) groups excluding carboxylic acids is 1. The molecule has 4 rings (SSSR count). The molecule has 0 fully saturated rings. The van der Waals surface area contributed by atoms with Crippen molar-refractivity contribution in [3.63, 3.8) is 0 Å². The predicted octanol–water partition coefficient (Wildman–Crippen LogP) is 5.84. The maximum atomic E-state index is 12.9. The van der Waals surface area contributed by atoms with Crippen LogP contribution in [0, 0.1) is 6.92 Å². The van der Waals surface area contributed by atoms with Crippen molar-refractivity contribution in [2.45, 2.75) is 11.8 Å². The van der Waals surface area contributed by atoms with Gasteiger partial charge in [0.05, 0.1) is 4.90 Å². The summed E-state index contributed by atoms with van der Waals surface area (Å²) in [5.41, 5.74) is 1.79. The molecule has 1 amide bonds. The molecule has 0 bridgehead atoms. The number of amides is 1. The Hall–Kier alpha value is -4.10. The second kappa shape index (κ2) is 9.58. The zero-order chi connectivity index (χ0) is 23.3. The van der Waals surface area contributed by atoms with E-state index in [2.05, 4.69) is 10.0 Å². The van der Waals surface area contributed by atoms with Gasteiger partial charge in [-0.3, -0.25) is 9.52 Å². The molecule has 33 heavy (non-hydrogen) atoms. The summed E-state index contributed by atoms with van der Waals surface area (Å²) in [6.45, 7) is 1.69. The summed E-state index contributed by atoms with van der Waals surface area (Å²) in [5.74, 6) is 0.935. The molecule has 4 aromatic rings. The summed E-state index contributed by atoms with van der Waals surface area (Å²) >= 11 is 0. The largest absolute Gasteiger partial charge is 0.457 e. The molecule has 0 saturated heterocycles. The Balaban J connectivity index is 1.48. The molecule has 0 unspecified atom stereocenters. The Morgan fingerprint density at radius 2 is 1.33 bits per heavy atom. The van der Waals surface area contributed by atoms with E-state index >= 15 is 0 Å². The Kier molecular flexibility index (Phi) is 6.42. The van der Waals surface area contributed by atoms with Crippen molar-refractivity contribution in [2.75, 3.05) is 10.0 Å². The number of hydrogen-bond acceptors (Lipinski definition) is 4. The third kappa shape index (κ3) is 5.58. The maximum absolute atomic E-state index is 12.9. The smallest absolute Gasteiger partial charge is 0.262 e. The summed E-state index contributed by atoms with van der Waals surface area (Å²) in [5, 5.41) is 2.79. The molecule has 0 saturated carbocycles. The molecule has 0 aliphatic heterocycles. The lowest BCUT2D eigenvalue weighted by molar-refractivity contribution is 0.102. The number of benzene rings is 4. The fourth-order valence-electron chi connectivity index (χ4n) is 3.18. The van der Waals surface area contributed by atoms with Gasteiger partial charge in [-0.15, -0.1) is 0 Å². The molecule has 0 aliphatic rings. The minimum Gasteiger partial charge on any atom is -0.457 e. The molecule has 6 nitrogen and oxygen atoms in total. The van der Waals surface area contributed by atoms with Crippen LogP contribution in [0.2, 0.25) is 0 Å². The van der Waals surface area contributed by atoms with Crippen molar-refractivity contribution in [3.05, 3.63) is 114 Å². The highest BCUT2D eigenvalue weighted by molar-refractivity contribution is 7.92. The lowest BCUT2D eigenvalue weighted by Gasteiger charge is -2.12. The number of anilines is 2. The number of aryl methyl sites for hydroxylation is 1. The quantitative estimate of drug-likeness (QED) is 0.364. The molecule has 2 N–H and O–H groups in total. The zero-order valence-electron chi connectivity index (χ0n) is 17.9. The molecule has 0 radical (unpaired) electrons. The number of ether oxygens (including phenoxy) is 1. The van der Waals surface area contributed by atoms with Crippen molar-refractivity contribution in [2.24, 2.45) is 0 Å². The van der Waals surface area contributed by atoms with E-state index in [1.54, 1.807) is 73.7 Å². The van der Waals surface area contributed by atoms with Gasteiger partial charge in [-0.2, -0.15) is 0 Å².